The summed E-state index contributed by atoms with van der Waals surface area (Å²) in [5.41, 5.74) is 4.31. The SMILES string of the molecule is Cc1cc(N(C)C)cc([C@@H]2CN(Cc3cnc(C)nc3)CCO2)n1. The van der Waals surface area contributed by atoms with Crippen molar-refractivity contribution in [2.24, 2.45) is 0 Å². The van der Waals surface area contributed by atoms with Crippen LogP contribution in [0.2, 0.25) is 0 Å². The summed E-state index contributed by atoms with van der Waals surface area (Å²) in [6.45, 7) is 7.23. The van der Waals surface area contributed by atoms with Gasteiger partial charge in [-0.1, -0.05) is 0 Å². The van der Waals surface area contributed by atoms with Crippen molar-refractivity contribution in [3.8, 4) is 0 Å². The highest BCUT2D eigenvalue weighted by Gasteiger charge is 2.24. The fourth-order valence-corrected chi connectivity index (χ4v) is 2.88. The molecule has 1 aliphatic heterocycles. The first-order valence-corrected chi connectivity index (χ1v) is 8.28. The molecule has 2 aromatic rings. The molecule has 0 amide bonds. The second kappa shape index (κ2) is 7.23. The summed E-state index contributed by atoms with van der Waals surface area (Å²) in [6.07, 6.45) is 3.81. The molecule has 0 bridgehead atoms. The van der Waals surface area contributed by atoms with Gasteiger partial charge in [0.2, 0.25) is 0 Å². The van der Waals surface area contributed by atoms with Gasteiger partial charge in [-0.25, -0.2) is 9.97 Å². The molecule has 0 spiro atoms. The summed E-state index contributed by atoms with van der Waals surface area (Å²) in [6, 6.07) is 4.21. The number of hydrogen-bond acceptors (Lipinski definition) is 6. The Kier molecular flexibility index (Phi) is 5.06. The summed E-state index contributed by atoms with van der Waals surface area (Å²) in [5.74, 6) is 0.804. The average molecular weight is 327 g/mol. The second-order valence-corrected chi connectivity index (χ2v) is 6.52. The van der Waals surface area contributed by atoms with Crippen LogP contribution in [0, 0.1) is 13.8 Å². The van der Waals surface area contributed by atoms with Gasteiger partial charge >= 0.3 is 0 Å². The molecule has 1 saturated heterocycles. The van der Waals surface area contributed by atoms with Gasteiger partial charge in [0.05, 0.1) is 12.3 Å². The molecule has 2 aromatic heterocycles. The van der Waals surface area contributed by atoms with Crippen LogP contribution >= 0.6 is 0 Å². The van der Waals surface area contributed by atoms with Gasteiger partial charge in [-0.05, 0) is 26.0 Å². The van der Waals surface area contributed by atoms with Gasteiger partial charge in [0.25, 0.3) is 0 Å². The van der Waals surface area contributed by atoms with Crippen LogP contribution in [0.25, 0.3) is 0 Å². The molecule has 128 valence electrons. The van der Waals surface area contributed by atoms with Gasteiger partial charge in [-0.2, -0.15) is 0 Å². The van der Waals surface area contributed by atoms with Crippen LogP contribution in [-0.4, -0.2) is 53.6 Å². The van der Waals surface area contributed by atoms with Crippen LogP contribution in [0.1, 0.15) is 28.9 Å². The topological polar surface area (TPSA) is 54.4 Å². The van der Waals surface area contributed by atoms with Gasteiger partial charge in [0, 0.05) is 63.1 Å². The van der Waals surface area contributed by atoms with Crippen LogP contribution in [-0.2, 0) is 11.3 Å². The van der Waals surface area contributed by atoms with Crippen molar-refractivity contribution in [3.05, 3.63) is 47.3 Å². The molecule has 1 atom stereocenters. The Bertz CT molecular complexity index is 686. The molecule has 0 saturated carbocycles. The fourth-order valence-electron chi connectivity index (χ4n) is 2.88. The Labute approximate surface area is 143 Å². The molecule has 0 N–H and O–H groups in total. The Morgan fingerprint density at radius 2 is 1.96 bits per heavy atom. The number of aryl methyl sites for hydroxylation is 2. The number of morpholine rings is 1. The lowest BCUT2D eigenvalue weighted by Gasteiger charge is -2.33. The molecule has 3 heterocycles. The van der Waals surface area contributed by atoms with Crippen LogP contribution < -0.4 is 4.90 Å². The number of hydrogen-bond donors (Lipinski definition) is 0. The minimum Gasteiger partial charge on any atom is -0.378 e. The van der Waals surface area contributed by atoms with Crippen molar-refractivity contribution in [1.82, 2.24) is 19.9 Å². The zero-order chi connectivity index (χ0) is 17.1. The summed E-state index contributed by atoms with van der Waals surface area (Å²) < 4.78 is 5.99. The first-order chi connectivity index (χ1) is 11.5. The van der Waals surface area contributed by atoms with Crippen molar-refractivity contribution in [1.29, 1.82) is 0 Å². The maximum atomic E-state index is 5.99. The second-order valence-electron chi connectivity index (χ2n) is 6.52. The number of ether oxygens (including phenoxy) is 1. The van der Waals surface area contributed by atoms with Crippen molar-refractivity contribution in [2.75, 3.05) is 38.7 Å². The lowest BCUT2D eigenvalue weighted by Crippen LogP contribution is -2.38. The number of rotatable bonds is 4. The van der Waals surface area contributed by atoms with E-state index < -0.39 is 0 Å². The van der Waals surface area contributed by atoms with E-state index in [1.807, 2.05) is 40.3 Å². The largest absolute Gasteiger partial charge is 0.378 e. The molecule has 0 aliphatic carbocycles. The van der Waals surface area contributed by atoms with Crippen LogP contribution in [0.3, 0.4) is 0 Å². The van der Waals surface area contributed by atoms with Gasteiger partial charge < -0.3 is 9.64 Å². The number of aromatic nitrogens is 3. The molecular formula is C18H25N5O. The zero-order valence-electron chi connectivity index (χ0n) is 14.9. The molecule has 0 radical (unpaired) electrons. The predicted octanol–water partition coefficient (Wildman–Crippen LogP) is 2.13. The van der Waals surface area contributed by atoms with Gasteiger partial charge in [0.1, 0.15) is 11.9 Å². The summed E-state index contributed by atoms with van der Waals surface area (Å²) >= 11 is 0. The Morgan fingerprint density at radius 3 is 2.67 bits per heavy atom. The van der Waals surface area contributed by atoms with E-state index in [0.29, 0.717) is 6.61 Å². The maximum absolute atomic E-state index is 5.99. The average Bonchev–Trinajstić information content (AvgIpc) is 2.57. The predicted molar refractivity (Wildman–Crippen MR) is 94.0 cm³/mol. The lowest BCUT2D eigenvalue weighted by atomic mass is 10.1. The molecule has 3 rings (SSSR count). The Balaban J connectivity index is 1.72. The molecule has 1 aliphatic rings. The molecule has 0 unspecified atom stereocenters. The lowest BCUT2D eigenvalue weighted by molar-refractivity contribution is -0.0350. The van der Waals surface area contributed by atoms with E-state index in [1.54, 1.807) is 0 Å². The van der Waals surface area contributed by atoms with E-state index in [2.05, 4.69) is 36.9 Å². The highest BCUT2D eigenvalue weighted by Crippen LogP contribution is 2.25. The normalized spacial score (nSPS) is 18.6. The molecule has 0 aromatic carbocycles. The Hall–Kier alpha value is -2.05. The monoisotopic (exact) mass is 327 g/mol. The summed E-state index contributed by atoms with van der Waals surface area (Å²) in [5, 5.41) is 0. The number of nitrogens with zero attached hydrogens (tertiary/aromatic N) is 5. The standard InChI is InChI=1S/C18H25N5O/c1-13-7-16(22(3)4)8-17(21-13)18-12-23(5-6-24-18)11-15-9-19-14(2)20-10-15/h7-10,18H,5-6,11-12H2,1-4H3/t18-/m0/s1. The number of anilines is 1. The van der Waals surface area contributed by atoms with Crippen molar-refractivity contribution in [2.45, 2.75) is 26.5 Å². The molecule has 24 heavy (non-hydrogen) atoms. The quantitative estimate of drug-likeness (QED) is 0.857. The number of pyridine rings is 1. The highest BCUT2D eigenvalue weighted by atomic mass is 16.5. The van der Waals surface area contributed by atoms with E-state index in [9.17, 15) is 0 Å². The Morgan fingerprint density at radius 1 is 1.21 bits per heavy atom. The summed E-state index contributed by atoms with van der Waals surface area (Å²) in [4.78, 5) is 17.7. The maximum Gasteiger partial charge on any atom is 0.125 e. The summed E-state index contributed by atoms with van der Waals surface area (Å²) in [7, 11) is 4.09. The van der Waals surface area contributed by atoms with Crippen LogP contribution in [0.4, 0.5) is 5.69 Å². The highest BCUT2D eigenvalue weighted by molar-refractivity contribution is 5.47. The third-order valence-electron chi connectivity index (χ3n) is 4.20. The molecule has 1 fully saturated rings. The van der Waals surface area contributed by atoms with Crippen LogP contribution in [0.5, 0.6) is 0 Å². The molecule has 6 heteroatoms. The van der Waals surface area contributed by atoms with E-state index in [4.69, 9.17) is 4.74 Å². The fraction of sp³-hybridized carbons (Fsp3) is 0.500. The van der Waals surface area contributed by atoms with Gasteiger partial charge in [-0.3, -0.25) is 9.88 Å². The van der Waals surface area contributed by atoms with E-state index in [1.165, 1.54) is 0 Å². The van der Waals surface area contributed by atoms with Gasteiger partial charge in [-0.15, -0.1) is 0 Å². The van der Waals surface area contributed by atoms with E-state index in [0.717, 1.165) is 48.1 Å². The minimum atomic E-state index is 0.00344. The minimum absolute atomic E-state index is 0.00344. The third-order valence-corrected chi connectivity index (χ3v) is 4.20. The van der Waals surface area contributed by atoms with E-state index >= 15 is 0 Å². The third kappa shape index (κ3) is 4.07. The molecular weight excluding hydrogens is 302 g/mol. The van der Waals surface area contributed by atoms with Crippen molar-refractivity contribution in [3.63, 3.8) is 0 Å². The van der Waals surface area contributed by atoms with Gasteiger partial charge in [0.15, 0.2) is 0 Å². The first kappa shape index (κ1) is 16.8. The first-order valence-electron chi connectivity index (χ1n) is 8.28. The molecule has 6 nitrogen and oxygen atoms in total. The zero-order valence-corrected chi connectivity index (χ0v) is 14.9. The van der Waals surface area contributed by atoms with Crippen molar-refractivity contribution < 1.29 is 4.74 Å². The smallest absolute Gasteiger partial charge is 0.125 e. The van der Waals surface area contributed by atoms with Crippen molar-refractivity contribution >= 4 is 5.69 Å². The van der Waals surface area contributed by atoms with Crippen LogP contribution in [0.15, 0.2) is 24.5 Å². The van der Waals surface area contributed by atoms with E-state index in [-0.39, 0.29) is 6.10 Å².